The van der Waals surface area contributed by atoms with Crippen LogP contribution in [0.5, 0.6) is 5.75 Å². The first-order chi connectivity index (χ1) is 14.6. The molecule has 0 bridgehead atoms. The summed E-state index contributed by atoms with van der Waals surface area (Å²) in [5, 5.41) is 5.08. The van der Waals surface area contributed by atoms with Gasteiger partial charge >= 0.3 is 0 Å². The van der Waals surface area contributed by atoms with Gasteiger partial charge in [-0.05, 0) is 18.2 Å². The summed E-state index contributed by atoms with van der Waals surface area (Å²) in [4.78, 5) is 34.0. The number of carbonyl (C=O) groups is 2. The highest BCUT2D eigenvalue weighted by molar-refractivity contribution is 7.18. The van der Waals surface area contributed by atoms with Crippen LogP contribution in [-0.4, -0.2) is 21.7 Å². The van der Waals surface area contributed by atoms with Gasteiger partial charge in [-0.15, -0.1) is 11.3 Å². The molecule has 0 aliphatic carbocycles. The van der Waals surface area contributed by atoms with Crippen LogP contribution >= 0.6 is 22.7 Å². The van der Waals surface area contributed by atoms with Crippen LogP contribution in [-0.2, 0) is 6.61 Å². The lowest BCUT2D eigenvalue weighted by Crippen LogP contribution is -2.11. The lowest BCUT2D eigenvalue weighted by Gasteiger charge is -2.07. The van der Waals surface area contributed by atoms with E-state index in [1.165, 1.54) is 29.6 Å². The molecule has 0 saturated heterocycles. The molecule has 2 aromatic carbocycles. The standard InChI is InChI=1S/C22H17N3O3S2/c1-14(26)20-19(15-6-3-2-4-7-15)24-22(30-20)25-21(27)16-8-5-9-18(10-16)28-11-17-12-29-13-23-17/h2-10,12-13H,11H2,1H3,(H,24,25,27). The number of carbonyl (C=O) groups excluding carboxylic acids is 2. The van der Waals surface area contributed by atoms with Gasteiger partial charge in [0.2, 0.25) is 0 Å². The van der Waals surface area contributed by atoms with E-state index < -0.39 is 0 Å². The van der Waals surface area contributed by atoms with E-state index in [9.17, 15) is 9.59 Å². The third-order valence-corrected chi connectivity index (χ3v) is 5.89. The van der Waals surface area contributed by atoms with Crippen molar-refractivity contribution in [1.82, 2.24) is 9.97 Å². The van der Waals surface area contributed by atoms with Gasteiger partial charge in [-0.3, -0.25) is 14.9 Å². The first kappa shape index (κ1) is 19.9. The minimum atomic E-state index is -0.322. The number of rotatable bonds is 7. The second-order valence-electron chi connectivity index (χ2n) is 6.37. The SMILES string of the molecule is CC(=O)c1sc(NC(=O)c2cccc(OCc3cscn3)c2)nc1-c1ccccc1. The van der Waals surface area contributed by atoms with Gasteiger partial charge in [0, 0.05) is 23.4 Å². The molecule has 30 heavy (non-hydrogen) atoms. The van der Waals surface area contributed by atoms with E-state index in [-0.39, 0.29) is 11.7 Å². The smallest absolute Gasteiger partial charge is 0.257 e. The molecule has 0 spiro atoms. The normalized spacial score (nSPS) is 10.6. The molecule has 4 aromatic rings. The summed E-state index contributed by atoms with van der Waals surface area (Å²) in [5.74, 6) is 0.158. The zero-order chi connectivity index (χ0) is 20.9. The number of aromatic nitrogens is 2. The highest BCUT2D eigenvalue weighted by Crippen LogP contribution is 2.31. The Morgan fingerprint density at radius 1 is 1.10 bits per heavy atom. The molecule has 0 aliphatic rings. The number of thiazole rings is 2. The van der Waals surface area contributed by atoms with Gasteiger partial charge in [-0.2, -0.15) is 0 Å². The molecule has 0 saturated carbocycles. The molecule has 0 unspecified atom stereocenters. The number of nitrogens with one attached hydrogen (secondary N) is 1. The molecule has 1 N–H and O–H groups in total. The molecule has 0 atom stereocenters. The first-order valence-corrected chi connectivity index (χ1v) is 10.8. The van der Waals surface area contributed by atoms with Gasteiger partial charge in [-0.25, -0.2) is 9.97 Å². The van der Waals surface area contributed by atoms with Crippen LogP contribution in [0.15, 0.2) is 65.5 Å². The van der Waals surface area contributed by atoms with Crippen molar-refractivity contribution < 1.29 is 14.3 Å². The van der Waals surface area contributed by atoms with Crippen molar-refractivity contribution in [2.45, 2.75) is 13.5 Å². The number of ether oxygens (including phenoxy) is 1. The third-order valence-electron chi connectivity index (χ3n) is 4.18. The van der Waals surface area contributed by atoms with Gasteiger partial charge < -0.3 is 4.74 Å². The minimum absolute atomic E-state index is 0.0933. The monoisotopic (exact) mass is 435 g/mol. The average molecular weight is 436 g/mol. The molecule has 0 radical (unpaired) electrons. The van der Waals surface area contributed by atoms with Crippen LogP contribution in [0.2, 0.25) is 0 Å². The number of ketones is 1. The van der Waals surface area contributed by atoms with Crippen LogP contribution in [0, 0.1) is 0 Å². The van der Waals surface area contributed by atoms with Crippen molar-refractivity contribution in [2.24, 2.45) is 0 Å². The summed E-state index contributed by atoms with van der Waals surface area (Å²) in [5.41, 5.74) is 4.42. The Labute approximate surface area is 181 Å². The zero-order valence-corrected chi connectivity index (χ0v) is 17.6. The van der Waals surface area contributed by atoms with E-state index in [2.05, 4.69) is 15.3 Å². The zero-order valence-electron chi connectivity index (χ0n) is 16.0. The number of benzene rings is 2. The molecule has 150 valence electrons. The average Bonchev–Trinajstić information content (AvgIpc) is 3.43. The maximum Gasteiger partial charge on any atom is 0.257 e. The van der Waals surface area contributed by atoms with E-state index in [4.69, 9.17) is 4.74 Å². The molecule has 4 rings (SSSR count). The topological polar surface area (TPSA) is 81.2 Å². The van der Waals surface area contributed by atoms with Crippen LogP contribution in [0.25, 0.3) is 11.3 Å². The van der Waals surface area contributed by atoms with E-state index in [1.807, 2.05) is 35.7 Å². The number of anilines is 1. The Bertz CT molecular complexity index is 1170. The summed E-state index contributed by atoms with van der Waals surface area (Å²) < 4.78 is 5.71. The van der Waals surface area contributed by atoms with Gasteiger partial charge in [-0.1, -0.05) is 47.7 Å². The van der Waals surface area contributed by atoms with Crippen LogP contribution in [0.1, 0.15) is 32.6 Å². The molecular formula is C22H17N3O3S2. The number of Topliss-reactive ketones (excluding diaryl/α,β-unsaturated/α-hetero) is 1. The lowest BCUT2D eigenvalue weighted by atomic mass is 10.1. The Morgan fingerprint density at radius 3 is 2.67 bits per heavy atom. The maximum absolute atomic E-state index is 12.7. The summed E-state index contributed by atoms with van der Waals surface area (Å²) in [6.07, 6.45) is 0. The second-order valence-corrected chi connectivity index (χ2v) is 8.09. The van der Waals surface area contributed by atoms with E-state index in [0.29, 0.717) is 33.6 Å². The molecule has 2 heterocycles. The van der Waals surface area contributed by atoms with Crippen LogP contribution in [0.4, 0.5) is 5.13 Å². The molecule has 0 aliphatic heterocycles. The van der Waals surface area contributed by atoms with E-state index in [1.54, 1.807) is 29.8 Å². The molecular weight excluding hydrogens is 418 g/mol. The maximum atomic E-state index is 12.7. The van der Waals surface area contributed by atoms with Gasteiger partial charge in [0.15, 0.2) is 10.9 Å². The Morgan fingerprint density at radius 2 is 1.93 bits per heavy atom. The summed E-state index contributed by atoms with van der Waals surface area (Å²) in [6.45, 7) is 1.83. The fourth-order valence-corrected chi connectivity index (χ4v) is 4.19. The molecule has 0 fully saturated rings. The molecule has 8 heteroatoms. The van der Waals surface area contributed by atoms with Crippen LogP contribution in [0.3, 0.4) is 0 Å². The summed E-state index contributed by atoms with van der Waals surface area (Å²) in [7, 11) is 0. The van der Waals surface area contributed by atoms with Crippen LogP contribution < -0.4 is 10.1 Å². The van der Waals surface area contributed by atoms with Gasteiger partial charge in [0.05, 0.1) is 21.8 Å². The van der Waals surface area contributed by atoms with Gasteiger partial charge in [0.25, 0.3) is 5.91 Å². The summed E-state index contributed by atoms with van der Waals surface area (Å²) >= 11 is 2.67. The van der Waals surface area contributed by atoms with Crippen molar-refractivity contribution in [3.05, 3.63) is 81.6 Å². The van der Waals surface area contributed by atoms with Crippen molar-refractivity contribution in [1.29, 1.82) is 0 Å². The van der Waals surface area contributed by atoms with Crippen molar-refractivity contribution >= 4 is 39.5 Å². The predicted molar refractivity (Wildman–Crippen MR) is 118 cm³/mol. The quantitative estimate of drug-likeness (QED) is 0.398. The van der Waals surface area contributed by atoms with E-state index >= 15 is 0 Å². The van der Waals surface area contributed by atoms with E-state index in [0.717, 1.165) is 11.3 Å². The number of amides is 1. The summed E-state index contributed by atoms with van der Waals surface area (Å²) in [6, 6.07) is 16.3. The Kier molecular flexibility index (Phi) is 5.97. The number of hydrogen-bond donors (Lipinski definition) is 1. The van der Waals surface area contributed by atoms with Crippen molar-refractivity contribution in [3.63, 3.8) is 0 Å². The minimum Gasteiger partial charge on any atom is -0.487 e. The fourth-order valence-electron chi connectivity index (χ4n) is 2.77. The fraction of sp³-hybridized carbons (Fsp3) is 0.0909. The highest BCUT2D eigenvalue weighted by Gasteiger charge is 2.18. The second kappa shape index (κ2) is 8.98. The number of nitrogens with zero attached hydrogens (tertiary/aromatic N) is 2. The predicted octanol–water partition coefficient (Wildman–Crippen LogP) is 5.30. The molecule has 2 aromatic heterocycles. The Hall–Kier alpha value is -3.36. The van der Waals surface area contributed by atoms with Gasteiger partial charge in [0.1, 0.15) is 12.4 Å². The first-order valence-electron chi connectivity index (χ1n) is 9.08. The molecule has 1 amide bonds. The third kappa shape index (κ3) is 4.61. The van der Waals surface area contributed by atoms with Crippen molar-refractivity contribution in [3.8, 4) is 17.0 Å². The van der Waals surface area contributed by atoms with Crippen molar-refractivity contribution in [2.75, 3.05) is 5.32 Å². The molecule has 6 nitrogen and oxygen atoms in total. The largest absolute Gasteiger partial charge is 0.487 e. The Balaban J connectivity index is 1.51. The highest BCUT2D eigenvalue weighted by atomic mass is 32.1. The number of hydrogen-bond acceptors (Lipinski definition) is 7. The lowest BCUT2D eigenvalue weighted by molar-refractivity contribution is 0.101.